The summed E-state index contributed by atoms with van der Waals surface area (Å²) in [7, 11) is 0. The maximum absolute atomic E-state index is 2.37. The number of aryl methyl sites for hydroxylation is 1. The van der Waals surface area contributed by atoms with Crippen molar-refractivity contribution >= 4 is 0 Å². The predicted molar refractivity (Wildman–Crippen MR) is 139 cm³/mol. The standard InChI is InChI=1S/C19H24.C12H18/c1-13(2)18-11-10-17(12-19(18)14(3)4)16-8-6-15(5)7-9-16;1-9(2)11-7-5-6-8-12(11)10(3)4/h6-14H,1-5H3;5-10H,1-4H3. The van der Waals surface area contributed by atoms with Crippen LogP contribution in [0.5, 0.6) is 0 Å². The van der Waals surface area contributed by atoms with Crippen LogP contribution in [0, 0.1) is 6.92 Å². The molecule has 0 aromatic heterocycles. The summed E-state index contributed by atoms with van der Waals surface area (Å²) in [4.78, 5) is 0. The predicted octanol–water partition coefficient (Wildman–Crippen LogP) is 9.84. The average molecular weight is 415 g/mol. The van der Waals surface area contributed by atoms with E-state index in [1.165, 1.54) is 38.9 Å². The van der Waals surface area contributed by atoms with Crippen LogP contribution < -0.4 is 0 Å². The monoisotopic (exact) mass is 414 g/mol. The second kappa shape index (κ2) is 11.3. The van der Waals surface area contributed by atoms with Gasteiger partial charge < -0.3 is 0 Å². The Labute approximate surface area is 191 Å². The number of rotatable bonds is 5. The Kier molecular flexibility index (Phi) is 9.11. The minimum atomic E-state index is 0.572. The third kappa shape index (κ3) is 6.82. The van der Waals surface area contributed by atoms with Crippen molar-refractivity contribution in [2.24, 2.45) is 0 Å². The fraction of sp³-hybridized carbons (Fsp3) is 0.419. The molecule has 166 valence electrons. The Balaban J connectivity index is 0.000000245. The first-order valence-electron chi connectivity index (χ1n) is 11.9. The van der Waals surface area contributed by atoms with Crippen LogP contribution in [0.4, 0.5) is 0 Å². The van der Waals surface area contributed by atoms with Crippen LogP contribution in [0.1, 0.15) is 107 Å². The first kappa shape index (κ1) is 24.9. The lowest BCUT2D eigenvalue weighted by atomic mass is 9.88. The van der Waals surface area contributed by atoms with Gasteiger partial charge in [-0.05, 0) is 64.0 Å². The van der Waals surface area contributed by atoms with E-state index in [-0.39, 0.29) is 0 Å². The van der Waals surface area contributed by atoms with Crippen LogP contribution >= 0.6 is 0 Å². The van der Waals surface area contributed by atoms with Crippen molar-refractivity contribution < 1.29 is 0 Å². The molecular formula is C31H42. The summed E-state index contributed by atoms with van der Waals surface area (Å²) in [6.07, 6.45) is 0. The maximum Gasteiger partial charge on any atom is -0.0181 e. The number of hydrogen-bond acceptors (Lipinski definition) is 0. The van der Waals surface area contributed by atoms with E-state index in [4.69, 9.17) is 0 Å². The molecule has 0 radical (unpaired) electrons. The second-order valence-corrected chi connectivity index (χ2v) is 9.96. The van der Waals surface area contributed by atoms with Crippen LogP contribution in [-0.2, 0) is 0 Å². The average Bonchev–Trinajstić information content (AvgIpc) is 2.74. The van der Waals surface area contributed by atoms with Crippen molar-refractivity contribution in [3.05, 3.63) is 94.5 Å². The van der Waals surface area contributed by atoms with E-state index in [9.17, 15) is 0 Å². The lowest BCUT2D eigenvalue weighted by Crippen LogP contribution is -1.99. The first-order chi connectivity index (χ1) is 14.6. The highest BCUT2D eigenvalue weighted by Crippen LogP contribution is 2.31. The molecule has 0 bridgehead atoms. The molecule has 0 aliphatic heterocycles. The Morgan fingerprint density at radius 2 is 0.806 bits per heavy atom. The van der Waals surface area contributed by atoms with Gasteiger partial charge in [0.1, 0.15) is 0 Å². The van der Waals surface area contributed by atoms with Crippen LogP contribution in [0.2, 0.25) is 0 Å². The molecule has 0 heteroatoms. The Morgan fingerprint density at radius 3 is 1.23 bits per heavy atom. The Bertz CT molecular complexity index is 913. The smallest absolute Gasteiger partial charge is 0.0181 e. The fourth-order valence-electron chi connectivity index (χ4n) is 4.09. The zero-order chi connectivity index (χ0) is 23.1. The van der Waals surface area contributed by atoms with Crippen molar-refractivity contribution in [1.29, 1.82) is 0 Å². The number of benzene rings is 3. The summed E-state index contributed by atoms with van der Waals surface area (Å²) in [5, 5.41) is 0. The third-order valence-corrected chi connectivity index (χ3v) is 5.96. The highest BCUT2D eigenvalue weighted by Gasteiger charge is 2.11. The molecule has 0 fully saturated rings. The van der Waals surface area contributed by atoms with Gasteiger partial charge in [0.15, 0.2) is 0 Å². The van der Waals surface area contributed by atoms with Crippen LogP contribution in [0.25, 0.3) is 11.1 Å². The normalized spacial score (nSPS) is 11.3. The van der Waals surface area contributed by atoms with E-state index in [2.05, 4.69) is 129 Å². The molecule has 0 saturated carbocycles. The lowest BCUT2D eigenvalue weighted by molar-refractivity contribution is 0.790. The zero-order valence-corrected chi connectivity index (χ0v) is 21.2. The van der Waals surface area contributed by atoms with Gasteiger partial charge in [-0.1, -0.05) is 128 Å². The maximum atomic E-state index is 2.37. The highest BCUT2D eigenvalue weighted by atomic mass is 14.2. The van der Waals surface area contributed by atoms with E-state index >= 15 is 0 Å². The SMILES string of the molecule is CC(C)c1ccccc1C(C)C.Cc1ccc(-c2ccc(C(C)C)c(C(C)C)c2)cc1. The zero-order valence-electron chi connectivity index (χ0n) is 21.2. The van der Waals surface area contributed by atoms with Gasteiger partial charge in [-0.2, -0.15) is 0 Å². The minimum absolute atomic E-state index is 0.572. The van der Waals surface area contributed by atoms with Gasteiger partial charge >= 0.3 is 0 Å². The molecule has 0 spiro atoms. The van der Waals surface area contributed by atoms with Crippen molar-refractivity contribution in [3.63, 3.8) is 0 Å². The van der Waals surface area contributed by atoms with Crippen molar-refractivity contribution in [1.82, 2.24) is 0 Å². The summed E-state index contributed by atoms with van der Waals surface area (Å²) >= 11 is 0. The van der Waals surface area contributed by atoms with Crippen molar-refractivity contribution in [3.8, 4) is 11.1 Å². The Hall–Kier alpha value is -2.34. The number of hydrogen-bond donors (Lipinski definition) is 0. The molecule has 0 aliphatic carbocycles. The molecule has 0 nitrogen and oxygen atoms in total. The largest absolute Gasteiger partial charge is 0.0620 e. The van der Waals surface area contributed by atoms with Crippen LogP contribution in [0.15, 0.2) is 66.7 Å². The molecule has 0 amide bonds. The summed E-state index contributed by atoms with van der Waals surface area (Å²) in [5.74, 6) is 2.44. The van der Waals surface area contributed by atoms with Gasteiger partial charge in [0.05, 0.1) is 0 Å². The summed E-state index contributed by atoms with van der Waals surface area (Å²) in [6, 6.07) is 24.4. The van der Waals surface area contributed by atoms with Gasteiger partial charge in [-0.3, -0.25) is 0 Å². The lowest BCUT2D eigenvalue weighted by Gasteiger charge is -2.17. The van der Waals surface area contributed by atoms with Crippen molar-refractivity contribution in [2.45, 2.75) is 86.0 Å². The van der Waals surface area contributed by atoms with Gasteiger partial charge in [0, 0.05) is 0 Å². The van der Waals surface area contributed by atoms with E-state index in [0.717, 1.165) is 0 Å². The second-order valence-electron chi connectivity index (χ2n) is 9.96. The van der Waals surface area contributed by atoms with E-state index < -0.39 is 0 Å². The van der Waals surface area contributed by atoms with Gasteiger partial charge in [0.25, 0.3) is 0 Å². The molecule has 3 rings (SSSR count). The molecule has 0 saturated heterocycles. The molecule has 0 aliphatic rings. The van der Waals surface area contributed by atoms with Gasteiger partial charge in [-0.15, -0.1) is 0 Å². The molecule has 0 unspecified atom stereocenters. The molecule has 0 heterocycles. The minimum Gasteiger partial charge on any atom is -0.0620 e. The molecule has 0 N–H and O–H groups in total. The van der Waals surface area contributed by atoms with Crippen LogP contribution in [-0.4, -0.2) is 0 Å². The molecule has 3 aromatic carbocycles. The highest BCUT2D eigenvalue weighted by molar-refractivity contribution is 5.65. The molecule has 0 atom stereocenters. The van der Waals surface area contributed by atoms with Gasteiger partial charge in [0.2, 0.25) is 0 Å². The Morgan fingerprint density at radius 1 is 0.419 bits per heavy atom. The first-order valence-corrected chi connectivity index (χ1v) is 11.9. The van der Waals surface area contributed by atoms with Gasteiger partial charge in [-0.25, -0.2) is 0 Å². The van der Waals surface area contributed by atoms with Crippen molar-refractivity contribution in [2.75, 3.05) is 0 Å². The van der Waals surface area contributed by atoms with E-state index in [0.29, 0.717) is 23.7 Å². The summed E-state index contributed by atoms with van der Waals surface area (Å²) in [5.41, 5.74) is 9.89. The van der Waals surface area contributed by atoms with E-state index in [1.807, 2.05) is 0 Å². The topological polar surface area (TPSA) is 0 Å². The van der Waals surface area contributed by atoms with Crippen LogP contribution in [0.3, 0.4) is 0 Å². The van der Waals surface area contributed by atoms with E-state index in [1.54, 1.807) is 0 Å². The molecule has 31 heavy (non-hydrogen) atoms. The summed E-state index contributed by atoms with van der Waals surface area (Å²) < 4.78 is 0. The molecule has 3 aromatic rings. The third-order valence-electron chi connectivity index (χ3n) is 5.96. The molecular weight excluding hydrogens is 372 g/mol. The summed E-state index contributed by atoms with van der Waals surface area (Å²) in [6.45, 7) is 20.2. The quantitative estimate of drug-likeness (QED) is 0.389. The fourth-order valence-corrected chi connectivity index (χ4v) is 4.09.